The van der Waals surface area contributed by atoms with E-state index in [0.29, 0.717) is 31.5 Å². The van der Waals surface area contributed by atoms with Crippen LogP contribution in [-0.2, 0) is 11.8 Å². The van der Waals surface area contributed by atoms with Crippen LogP contribution < -0.4 is 0 Å². The number of rotatable bonds is 7. The predicted molar refractivity (Wildman–Crippen MR) is 94.8 cm³/mol. The quantitative estimate of drug-likeness (QED) is 0.624. The topological polar surface area (TPSA) is 23.5 Å². The van der Waals surface area contributed by atoms with Crippen molar-refractivity contribution in [2.75, 3.05) is 19.6 Å². The third-order valence-electron chi connectivity index (χ3n) is 5.07. The second-order valence-corrected chi connectivity index (χ2v) is 7.39. The molecule has 2 rings (SSSR count). The third-order valence-corrected chi connectivity index (χ3v) is 5.40. The van der Waals surface area contributed by atoms with Crippen molar-refractivity contribution in [1.82, 2.24) is 4.90 Å². The first kappa shape index (κ1) is 20.5. The number of likely N-dealkylation sites (tertiary alicyclic amines) is 1. The standard InChI is InChI=1S/C19H27ClF3NO/c1-2-3-4-5-6-11-24-12-9-18(25,10-13-24)15-7-8-17(20)16(14-15)19(21,22)23/h7-8,14,25H,2-6,9-13H2,1H3. The van der Waals surface area contributed by atoms with Crippen LogP contribution in [0.5, 0.6) is 0 Å². The van der Waals surface area contributed by atoms with Crippen LogP contribution in [0.4, 0.5) is 13.2 Å². The molecule has 1 aliphatic heterocycles. The molecule has 1 N–H and O–H groups in total. The van der Waals surface area contributed by atoms with Crippen LogP contribution in [0.15, 0.2) is 18.2 Å². The van der Waals surface area contributed by atoms with E-state index in [-0.39, 0.29) is 5.02 Å². The summed E-state index contributed by atoms with van der Waals surface area (Å²) in [4.78, 5) is 2.29. The van der Waals surface area contributed by atoms with Crippen LogP contribution in [0.3, 0.4) is 0 Å². The fourth-order valence-corrected chi connectivity index (χ4v) is 3.63. The van der Waals surface area contributed by atoms with Crippen LogP contribution in [0.1, 0.15) is 63.0 Å². The number of hydrogen-bond donors (Lipinski definition) is 1. The lowest BCUT2D eigenvalue weighted by molar-refractivity contribution is -0.137. The van der Waals surface area contributed by atoms with Gasteiger partial charge in [0, 0.05) is 13.1 Å². The molecular weight excluding hydrogens is 351 g/mol. The van der Waals surface area contributed by atoms with Gasteiger partial charge >= 0.3 is 6.18 Å². The Kier molecular flexibility index (Phi) is 7.18. The summed E-state index contributed by atoms with van der Waals surface area (Å²) in [5, 5.41) is 10.5. The summed E-state index contributed by atoms with van der Waals surface area (Å²) in [6.45, 7) is 4.59. The zero-order valence-corrected chi connectivity index (χ0v) is 15.5. The summed E-state index contributed by atoms with van der Waals surface area (Å²) in [6.07, 6.45) is 2.46. The first-order chi connectivity index (χ1) is 11.8. The van der Waals surface area contributed by atoms with Crippen molar-refractivity contribution in [3.8, 4) is 0 Å². The molecule has 0 aromatic heterocycles. The summed E-state index contributed by atoms with van der Waals surface area (Å²) in [5.41, 5.74) is -1.77. The van der Waals surface area contributed by atoms with Crippen LogP contribution >= 0.6 is 11.6 Å². The Morgan fingerprint density at radius 2 is 1.76 bits per heavy atom. The summed E-state index contributed by atoms with van der Waals surface area (Å²) < 4.78 is 39.1. The average Bonchev–Trinajstić information content (AvgIpc) is 2.55. The van der Waals surface area contributed by atoms with Crippen LogP contribution in [0.25, 0.3) is 0 Å². The Morgan fingerprint density at radius 1 is 1.12 bits per heavy atom. The van der Waals surface area contributed by atoms with Crippen LogP contribution in [0, 0.1) is 0 Å². The van der Waals surface area contributed by atoms with Crippen molar-refractivity contribution in [2.24, 2.45) is 0 Å². The second kappa shape index (κ2) is 8.74. The van der Waals surface area contributed by atoms with E-state index in [9.17, 15) is 18.3 Å². The lowest BCUT2D eigenvalue weighted by Crippen LogP contribution is -2.43. The van der Waals surface area contributed by atoms with Gasteiger partial charge in [0.2, 0.25) is 0 Å². The van der Waals surface area contributed by atoms with E-state index in [0.717, 1.165) is 19.0 Å². The predicted octanol–water partition coefficient (Wildman–Crippen LogP) is 5.61. The molecule has 2 nitrogen and oxygen atoms in total. The molecule has 0 saturated carbocycles. The van der Waals surface area contributed by atoms with Gasteiger partial charge in [-0.1, -0.05) is 50.3 Å². The molecule has 0 spiro atoms. The number of nitrogens with zero attached hydrogens (tertiary/aromatic N) is 1. The maximum Gasteiger partial charge on any atom is 0.417 e. The Morgan fingerprint density at radius 3 is 2.36 bits per heavy atom. The van der Waals surface area contributed by atoms with Gasteiger partial charge in [0.1, 0.15) is 0 Å². The minimum absolute atomic E-state index is 0.312. The van der Waals surface area contributed by atoms with Gasteiger partial charge < -0.3 is 10.0 Å². The highest BCUT2D eigenvalue weighted by Gasteiger charge is 2.38. The molecule has 1 heterocycles. The number of benzene rings is 1. The van der Waals surface area contributed by atoms with E-state index < -0.39 is 17.3 Å². The molecular formula is C19H27ClF3NO. The van der Waals surface area contributed by atoms with Gasteiger partial charge in [0.25, 0.3) is 0 Å². The molecule has 1 aromatic rings. The molecule has 25 heavy (non-hydrogen) atoms. The van der Waals surface area contributed by atoms with Crippen molar-refractivity contribution < 1.29 is 18.3 Å². The summed E-state index contributed by atoms with van der Waals surface area (Å²) in [7, 11) is 0. The minimum Gasteiger partial charge on any atom is -0.385 e. The molecule has 6 heteroatoms. The minimum atomic E-state index is -4.51. The number of unbranched alkanes of at least 4 members (excludes halogenated alkanes) is 4. The zero-order chi connectivity index (χ0) is 18.5. The highest BCUT2D eigenvalue weighted by Crippen LogP contribution is 2.39. The van der Waals surface area contributed by atoms with E-state index in [1.54, 1.807) is 0 Å². The van der Waals surface area contributed by atoms with E-state index in [1.165, 1.54) is 37.8 Å². The largest absolute Gasteiger partial charge is 0.417 e. The molecule has 1 aromatic carbocycles. The fraction of sp³-hybridized carbons (Fsp3) is 0.684. The molecule has 0 amide bonds. The van der Waals surface area contributed by atoms with Crippen LogP contribution in [0.2, 0.25) is 5.02 Å². The molecule has 0 unspecified atom stereocenters. The van der Waals surface area contributed by atoms with Gasteiger partial charge in [0.05, 0.1) is 16.2 Å². The molecule has 0 atom stereocenters. The molecule has 0 bridgehead atoms. The van der Waals surface area contributed by atoms with Gasteiger partial charge in [-0.2, -0.15) is 13.2 Å². The van der Waals surface area contributed by atoms with Crippen molar-refractivity contribution in [3.63, 3.8) is 0 Å². The summed E-state index contributed by atoms with van der Waals surface area (Å²) in [6, 6.07) is 3.75. The number of aliphatic hydroxyl groups is 1. The van der Waals surface area contributed by atoms with E-state index in [2.05, 4.69) is 11.8 Å². The Bertz CT molecular complexity index is 554. The number of alkyl halides is 3. The van der Waals surface area contributed by atoms with Gasteiger partial charge in [0.15, 0.2) is 0 Å². The van der Waals surface area contributed by atoms with Crippen molar-refractivity contribution in [1.29, 1.82) is 0 Å². The Hall–Kier alpha value is -0.780. The molecule has 142 valence electrons. The summed E-state index contributed by atoms with van der Waals surface area (Å²) in [5.74, 6) is 0. The maximum absolute atomic E-state index is 13.0. The lowest BCUT2D eigenvalue weighted by atomic mass is 9.83. The normalized spacial score (nSPS) is 18.5. The number of hydrogen-bond acceptors (Lipinski definition) is 2. The highest BCUT2D eigenvalue weighted by atomic mass is 35.5. The average molecular weight is 378 g/mol. The third kappa shape index (κ3) is 5.60. The molecule has 1 aliphatic rings. The van der Waals surface area contributed by atoms with E-state index in [1.807, 2.05) is 0 Å². The maximum atomic E-state index is 13.0. The molecule has 1 saturated heterocycles. The van der Waals surface area contributed by atoms with Gasteiger partial charge in [-0.3, -0.25) is 0 Å². The van der Waals surface area contributed by atoms with E-state index in [4.69, 9.17) is 11.6 Å². The van der Waals surface area contributed by atoms with Gasteiger partial charge in [-0.25, -0.2) is 0 Å². The first-order valence-corrected chi connectivity index (χ1v) is 9.46. The number of piperidine rings is 1. The van der Waals surface area contributed by atoms with Crippen molar-refractivity contribution in [3.05, 3.63) is 34.3 Å². The molecule has 0 radical (unpaired) electrons. The van der Waals surface area contributed by atoms with E-state index >= 15 is 0 Å². The SMILES string of the molecule is CCCCCCCN1CCC(O)(c2ccc(Cl)c(C(F)(F)F)c2)CC1. The van der Waals surface area contributed by atoms with Crippen molar-refractivity contribution >= 4 is 11.6 Å². The van der Waals surface area contributed by atoms with Crippen LogP contribution in [-0.4, -0.2) is 29.6 Å². The molecule has 1 fully saturated rings. The highest BCUT2D eigenvalue weighted by molar-refractivity contribution is 6.31. The van der Waals surface area contributed by atoms with Gasteiger partial charge in [-0.15, -0.1) is 0 Å². The van der Waals surface area contributed by atoms with Gasteiger partial charge in [-0.05, 0) is 43.5 Å². The monoisotopic (exact) mass is 377 g/mol. The number of halogens is 4. The Labute approximate surface area is 153 Å². The summed E-state index contributed by atoms with van der Waals surface area (Å²) >= 11 is 5.67. The smallest absolute Gasteiger partial charge is 0.385 e. The lowest BCUT2D eigenvalue weighted by Gasteiger charge is -2.39. The zero-order valence-electron chi connectivity index (χ0n) is 14.7. The van der Waals surface area contributed by atoms with Crippen molar-refractivity contribution in [2.45, 2.75) is 63.6 Å². The molecule has 0 aliphatic carbocycles. The fourth-order valence-electron chi connectivity index (χ4n) is 3.41. The first-order valence-electron chi connectivity index (χ1n) is 9.08. The second-order valence-electron chi connectivity index (χ2n) is 6.98. The Balaban J connectivity index is 1.94.